The second-order valence-corrected chi connectivity index (χ2v) is 8.44. The Morgan fingerprint density at radius 2 is 1.89 bits per heavy atom. The fourth-order valence-electron chi connectivity index (χ4n) is 3.32. The molecular weight excluding hydrogens is 363 g/mol. The summed E-state index contributed by atoms with van der Waals surface area (Å²) >= 11 is 0. The fourth-order valence-corrected chi connectivity index (χ4v) is 3.32. The average molecular weight is 392 g/mol. The molecule has 3 heterocycles. The Hall–Kier alpha value is -1.75. The van der Waals surface area contributed by atoms with Crippen LogP contribution in [0.5, 0.6) is 0 Å². The van der Waals surface area contributed by atoms with Crippen LogP contribution in [0.2, 0.25) is 0 Å². The summed E-state index contributed by atoms with van der Waals surface area (Å²) in [6, 6.07) is 0.0394. The quantitative estimate of drug-likeness (QED) is 0.625. The van der Waals surface area contributed by atoms with E-state index >= 15 is 0 Å². The first-order chi connectivity index (χ1) is 13.1. The second kappa shape index (κ2) is 7.59. The van der Waals surface area contributed by atoms with Crippen molar-refractivity contribution < 1.29 is 24.3 Å². The van der Waals surface area contributed by atoms with E-state index in [1.54, 1.807) is 17.3 Å². The van der Waals surface area contributed by atoms with Gasteiger partial charge in [-0.15, -0.1) is 0 Å². The van der Waals surface area contributed by atoms with Gasteiger partial charge in [0.25, 0.3) is 5.91 Å². The highest BCUT2D eigenvalue weighted by Crippen LogP contribution is 2.36. The minimum Gasteiger partial charge on any atom is -0.399 e. The number of anilines is 1. The molecule has 2 aliphatic rings. The van der Waals surface area contributed by atoms with Gasteiger partial charge in [0.15, 0.2) is 6.10 Å². The van der Waals surface area contributed by atoms with E-state index in [1.165, 1.54) is 0 Å². The number of hydrogen-bond acceptors (Lipinski definition) is 8. The molecule has 10 heteroatoms. The maximum absolute atomic E-state index is 12.0. The predicted octanol–water partition coefficient (Wildman–Crippen LogP) is -0.834. The van der Waals surface area contributed by atoms with Crippen molar-refractivity contribution in [2.45, 2.75) is 57.5 Å². The lowest BCUT2D eigenvalue weighted by Gasteiger charge is -2.32. The largest absolute Gasteiger partial charge is 0.498 e. The predicted molar refractivity (Wildman–Crippen MR) is 104 cm³/mol. The van der Waals surface area contributed by atoms with Crippen LogP contribution in [0.3, 0.4) is 0 Å². The summed E-state index contributed by atoms with van der Waals surface area (Å²) in [4.78, 5) is 24.4. The van der Waals surface area contributed by atoms with E-state index in [-0.39, 0.29) is 6.04 Å². The molecule has 2 unspecified atom stereocenters. The Bertz CT molecular complexity index is 698. The van der Waals surface area contributed by atoms with Gasteiger partial charge in [0, 0.05) is 38.0 Å². The lowest BCUT2D eigenvalue weighted by molar-refractivity contribution is -0.141. The summed E-state index contributed by atoms with van der Waals surface area (Å²) < 4.78 is 12.0. The minimum absolute atomic E-state index is 0.0394. The van der Waals surface area contributed by atoms with Crippen LogP contribution >= 0.6 is 0 Å². The van der Waals surface area contributed by atoms with E-state index in [0.717, 1.165) is 11.9 Å². The van der Waals surface area contributed by atoms with Gasteiger partial charge in [-0.05, 0) is 34.1 Å². The van der Waals surface area contributed by atoms with Crippen LogP contribution in [0.15, 0.2) is 12.4 Å². The van der Waals surface area contributed by atoms with Crippen LogP contribution in [-0.2, 0) is 14.1 Å². The first-order valence-electron chi connectivity index (χ1n) is 9.54. The summed E-state index contributed by atoms with van der Waals surface area (Å²) in [5, 5.41) is 18.5. The number of hydrogen-bond donors (Lipinski definition) is 2. The van der Waals surface area contributed by atoms with Gasteiger partial charge in [0.05, 0.1) is 23.9 Å². The van der Waals surface area contributed by atoms with Crippen molar-refractivity contribution in [3.8, 4) is 0 Å². The third-order valence-corrected chi connectivity index (χ3v) is 5.98. The molecule has 2 N–H and O–H groups in total. The first kappa shape index (κ1) is 21.0. The van der Waals surface area contributed by atoms with Crippen molar-refractivity contribution >= 4 is 24.4 Å². The number of likely N-dealkylation sites (N-methyl/N-ethyl adjacent to an activating group) is 1. The molecule has 9 nitrogen and oxygen atoms in total. The summed E-state index contributed by atoms with van der Waals surface area (Å²) in [5.41, 5.74) is -0.0943. The van der Waals surface area contributed by atoms with Gasteiger partial charge < -0.3 is 29.3 Å². The van der Waals surface area contributed by atoms with Crippen LogP contribution in [0.4, 0.5) is 5.95 Å². The van der Waals surface area contributed by atoms with E-state index in [2.05, 4.69) is 9.97 Å². The summed E-state index contributed by atoms with van der Waals surface area (Å²) in [6.07, 6.45) is 2.78. The van der Waals surface area contributed by atoms with Crippen LogP contribution in [-0.4, -0.2) is 88.2 Å². The first-order valence-corrected chi connectivity index (χ1v) is 9.54. The lowest BCUT2D eigenvalue weighted by atomic mass is 9.81. The average Bonchev–Trinajstić information content (AvgIpc) is 3.22. The standard InChI is InChI=1S/C18H29BN4O5/c1-17(2)18(3,4)28-19(27-17)12-8-20-16(21-9-12)22(5)13-6-7-23(10-13)15(26)14(25)11-24/h8-9,13-14,24-25H,6-7,10-11H2,1-5H3. The van der Waals surface area contributed by atoms with Gasteiger partial charge >= 0.3 is 7.12 Å². The molecule has 3 rings (SSSR count). The van der Waals surface area contributed by atoms with Gasteiger partial charge in [-0.3, -0.25) is 4.79 Å². The molecule has 1 aromatic rings. The second-order valence-electron chi connectivity index (χ2n) is 8.44. The Morgan fingerprint density at radius 3 is 2.43 bits per heavy atom. The molecule has 1 amide bonds. The molecule has 0 aliphatic carbocycles. The van der Waals surface area contributed by atoms with Crippen molar-refractivity contribution in [1.82, 2.24) is 14.9 Å². The number of aliphatic hydroxyl groups excluding tert-OH is 2. The summed E-state index contributed by atoms with van der Waals surface area (Å²) in [5.74, 6) is 0.0951. The fraction of sp³-hybridized carbons (Fsp3) is 0.722. The molecule has 28 heavy (non-hydrogen) atoms. The highest BCUT2D eigenvalue weighted by atomic mass is 16.7. The van der Waals surface area contributed by atoms with Crippen LogP contribution in [0.25, 0.3) is 0 Å². The Labute approximate surface area is 165 Å². The summed E-state index contributed by atoms with van der Waals surface area (Å²) in [6.45, 7) is 8.40. The van der Waals surface area contributed by atoms with Gasteiger partial charge in [0.1, 0.15) is 0 Å². The minimum atomic E-state index is -1.36. The number of amides is 1. The van der Waals surface area contributed by atoms with E-state index in [9.17, 15) is 9.90 Å². The summed E-state index contributed by atoms with van der Waals surface area (Å²) in [7, 11) is 1.37. The molecule has 0 saturated carbocycles. The van der Waals surface area contributed by atoms with Crippen LogP contribution in [0.1, 0.15) is 34.1 Å². The Kier molecular flexibility index (Phi) is 5.68. The number of rotatable bonds is 5. The lowest BCUT2D eigenvalue weighted by Crippen LogP contribution is -2.42. The Balaban J connectivity index is 1.64. The molecule has 0 spiro atoms. The molecule has 2 atom stereocenters. The van der Waals surface area contributed by atoms with Gasteiger partial charge in [-0.2, -0.15) is 0 Å². The van der Waals surface area contributed by atoms with Crippen molar-refractivity contribution in [2.75, 3.05) is 31.6 Å². The normalized spacial score (nSPS) is 24.5. The molecular formula is C18H29BN4O5. The van der Waals surface area contributed by atoms with E-state index in [0.29, 0.717) is 19.0 Å². The zero-order chi connectivity index (χ0) is 20.7. The van der Waals surface area contributed by atoms with Crippen molar-refractivity contribution in [3.05, 3.63) is 12.4 Å². The van der Waals surface area contributed by atoms with Gasteiger partial charge in [-0.1, -0.05) is 0 Å². The highest BCUT2D eigenvalue weighted by molar-refractivity contribution is 6.61. The van der Waals surface area contributed by atoms with Gasteiger partial charge in [0.2, 0.25) is 5.95 Å². The molecule has 2 aliphatic heterocycles. The number of aromatic nitrogens is 2. The SMILES string of the molecule is CN(c1ncc(B2OC(C)(C)C(C)(C)O2)cn1)C1CCN(C(=O)C(O)CO)C1. The highest BCUT2D eigenvalue weighted by Gasteiger charge is 2.52. The van der Waals surface area contributed by atoms with Crippen molar-refractivity contribution in [1.29, 1.82) is 0 Å². The van der Waals surface area contributed by atoms with E-state index in [4.69, 9.17) is 14.4 Å². The molecule has 154 valence electrons. The zero-order valence-corrected chi connectivity index (χ0v) is 17.1. The van der Waals surface area contributed by atoms with Gasteiger partial charge in [-0.25, -0.2) is 9.97 Å². The topological polar surface area (TPSA) is 108 Å². The molecule has 1 aromatic heterocycles. The number of carbonyl (C=O) groups excluding carboxylic acids is 1. The zero-order valence-electron chi connectivity index (χ0n) is 17.1. The molecule has 2 fully saturated rings. The maximum Gasteiger partial charge on any atom is 0.498 e. The van der Waals surface area contributed by atoms with Crippen LogP contribution in [0, 0.1) is 0 Å². The molecule has 0 radical (unpaired) electrons. The van der Waals surface area contributed by atoms with E-state index in [1.807, 2.05) is 39.6 Å². The Morgan fingerprint density at radius 1 is 1.32 bits per heavy atom. The van der Waals surface area contributed by atoms with Crippen molar-refractivity contribution in [2.24, 2.45) is 0 Å². The molecule has 2 saturated heterocycles. The maximum atomic E-state index is 12.0. The molecule has 0 aromatic carbocycles. The smallest absolute Gasteiger partial charge is 0.399 e. The van der Waals surface area contributed by atoms with Crippen molar-refractivity contribution in [3.63, 3.8) is 0 Å². The third-order valence-electron chi connectivity index (χ3n) is 5.98. The number of carbonyl (C=O) groups is 1. The van der Waals surface area contributed by atoms with Crippen LogP contribution < -0.4 is 10.4 Å². The monoisotopic (exact) mass is 392 g/mol. The molecule has 0 bridgehead atoms. The number of aliphatic hydroxyl groups is 2. The number of likely N-dealkylation sites (tertiary alicyclic amines) is 1. The van der Waals surface area contributed by atoms with E-state index < -0.39 is 36.9 Å². The number of nitrogens with zero attached hydrogens (tertiary/aromatic N) is 4. The third kappa shape index (κ3) is 3.87.